The minimum atomic E-state index is -0.332. The van der Waals surface area contributed by atoms with Gasteiger partial charge in [0.15, 0.2) is 11.0 Å². The Bertz CT molecular complexity index is 1270. The summed E-state index contributed by atoms with van der Waals surface area (Å²) in [6.07, 6.45) is 0. The summed E-state index contributed by atoms with van der Waals surface area (Å²) in [4.78, 5) is 14.2. The molecule has 1 aromatic heterocycles. The summed E-state index contributed by atoms with van der Waals surface area (Å²) in [7, 11) is 1.65. The summed E-state index contributed by atoms with van der Waals surface area (Å²) in [6.45, 7) is 0.335. The minimum Gasteiger partial charge on any atom is -0.484 e. The lowest BCUT2D eigenvalue weighted by atomic mass is 10.2. The van der Waals surface area contributed by atoms with Crippen molar-refractivity contribution in [3.05, 3.63) is 101 Å². The lowest BCUT2D eigenvalue weighted by Gasteiger charge is -2.17. The number of hydrogen-bond acceptors (Lipinski definition) is 5. The number of amides is 1. The van der Waals surface area contributed by atoms with Crippen molar-refractivity contribution in [2.24, 2.45) is 0 Å². The Labute approximate surface area is 206 Å². The van der Waals surface area contributed by atoms with Crippen molar-refractivity contribution in [2.45, 2.75) is 18.3 Å². The van der Waals surface area contributed by atoms with Crippen LogP contribution in [0.4, 0.5) is 4.39 Å². The number of aromatic nitrogens is 3. The monoisotopic (exact) mass is 496 g/mol. The van der Waals surface area contributed by atoms with Gasteiger partial charge in [0.25, 0.3) is 0 Å². The molecule has 0 aliphatic heterocycles. The van der Waals surface area contributed by atoms with Crippen molar-refractivity contribution < 1.29 is 13.9 Å². The van der Waals surface area contributed by atoms with Crippen molar-refractivity contribution in [1.29, 1.82) is 0 Å². The predicted molar refractivity (Wildman–Crippen MR) is 131 cm³/mol. The number of benzene rings is 3. The van der Waals surface area contributed by atoms with E-state index in [0.29, 0.717) is 27.3 Å². The van der Waals surface area contributed by atoms with Gasteiger partial charge in [0.2, 0.25) is 5.91 Å². The molecule has 0 spiro atoms. The molecule has 1 amide bonds. The van der Waals surface area contributed by atoms with Crippen molar-refractivity contribution in [1.82, 2.24) is 19.7 Å². The Morgan fingerprint density at radius 2 is 1.74 bits per heavy atom. The Kier molecular flexibility index (Phi) is 7.82. The number of thioether (sulfide) groups is 1. The number of ether oxygens (including phenoxy) is 1. The number of halogens is 2. The highest BCUT2D eigenvalue weighted by molar-refractivity contribution is 7.99. The first-order valence-corrected chi connectivity index (χ1v) is 11.9. The van der Waals surface area contributed by atoms with Gasteiger partial charge in [0, 0.05) is 24.8 Å². The highest BCUT2D eigenvalue weighted by Gasteiger charge is 2.18. The lowest BCUT2D eigenvalue weighted by molar-refractivity contribution is -0.127. The zero-order chi connectivity index (χ0) is 23.9. The van der Waals surface area contributed by atoms with E-state index in [9.17, 15) is 9.18 Å². The maximum Gasteiger partial charge on any atom is 0.233 e. The van der Waals surface area contributed by atoms with Gasteiger partial charge < -0.3 is 9.64 Å². The van der Waals surface area contributed by atoms with E-state index in [2.05, 4.69) is 10.2 Å². The molecule has 0 fully saturated rings. The smallest absolute Gasteiger partial charge is 0.233 e. The normalized spacial score (nSPS) is 10.8. The van der Waals surface area contributed by atoms with E-state index in [4.69, 9.17) is 16.3 Å². The van der Waals surface area contributed by atoms with Crippen LogP contribution in [0.3, 0.4) is 0 Å². The standard InChI is InChI=1S/C25H22ClFN4O2S/c1-30(15-18-9-5-7-13-21(18)27)24(32)17-34-25-29-28-23(31(25)19-10-3-2-4-11-19)16-33-22-14-8-6-12-20(22)26/h2-14H,15-17H2,1H3. The second-order valence-electron chi connectivity index (χ2n) is 7.42. The van der Waals surface area contributed by atoms with E-state index < -0.39 is 0 Å². The molecule has 4 rings (SSSR count). The largest absolute Gasteiger partial charge is 0.484 e. The second kappa shape index (κ2) is 11.2. The van der Waals surface area contributed by atoms with Gasteiger partial charge in [0.1, 0.15) is 18.2 Å². The summed E-state index contributed by atoms with van der Waals surface area (Å²) in [6, 6.07) is 23.2. The molecule has 6 nitrogen and oxygen atoms in total. The fraction of sp³-hybridized carbons (Fsp3) is 0.160. The van der Waals surface area contributed by atoms with Crippen molar-refractivity contribution in [3.63, 3.8) is 0 Å². The van der Waals surface area contributed by atoms with Crippen molar-refractivity contribution in [3.8, 4) is 11.4 Å². The summed E-state index contributed by atoms with van der Waals surface area (Å²) in [5.41, 5.74) is 1.31. The Morgan fingerprint density at radius 3 is 2.50 bits per heavy atom. The van der Waals surface area contributed by atoms with Crippen LogP contribution in [0.5, 0.6) is 5.75 Å². The van der Waals surface area contributed by atoms with Crippen LogP contribution in [0.25, 0.3) is 5.69 Å². The third-order valence-electron chi connectivity index (χ3n) is 5.02. The van der Waals surface area contributed by atoms with Gasteiger partial charge in [-0.05, 0) is 30.3 Å². The van der Waals surface area contributed by atoms with Crippen LogP contribution in [0.1, 0.15) is 11.4 Å². The van der Waals surface area contributed by atoms with E-state index in [1.807, 2.05) is 47.0 Å². The maximum absolute atomic E-state index is 13.9. The molecule has 0 saturated carbocycles. The van der Waals surface area contributed by atoms with Crippen LogP contribution in [0.15, 0.2) is 84.0 Å². The van der Waals surface area contributed by atoms with E-state index >= 15 is 0 Å². The quantitative estimate of drug-likeness (QED) is 0.291. The topological polar surface area (TPSA) is 60.3 Å². The third kappa shape index (κ3) is 5.76. The Balaban J connectivity index is 1.48. The molecule has 3 aromatic carbocycles. The molecular formula is C25H22ClFN4O2S. The Hall–Kier alpha value is -3.36. The SMILES string of the molecule is CN(Cc1ccccc1F)C(=O)CSc1nnc(COc2ccccc2Cl)n1-c1ccccc1. The number of carbonyl (C=O) groups excluding carboxylic acids is 1. The fourth-order valence-corrected chi connectivity index (χ4v) is 4.34. The molecule has 0 aliphatic rings. The molecule has 0 N–H and O–H groups in total. The minimum absolute atomic E-state index is 0.126. The first kappa shape index (κ1) is 23.8. The van der Waals surface area contributed by atoms with E-state index in [-0.39, 0.29) is 30.6 Å². The van der Waals surface area contributed by atoms with Crippen molar-refractivity contribution in [2.75, 3.05) is 12.8 Å². The summed E-state index contributed by atoms with van der Waals surface area (Å²) in [5.74, 6) is 0.764. The molecule has 9 heteroatoms. The van der Waals surface area contributed by atoms with Gasteiger partial charge in [0.05, 0.1) is 10.8 Å². The van der Waals surface area contributed by atoms with Crippen molar-refractivity contribution >= 4 is 29.3 Å². The van der Waals surface area contributed by atoms with E-state index in [1.165, 1.54) is 22.7 Å². The molecule has 0 bridgehead atoms. The average molecular weight is 497 g/mol. The number of para-hydroxylation sites is 2. The molecule has 0 radical (unpaired) electrons. The number of rotatable bonds is 9. The highest BCUT2D eigenvalue weighted by atomic mass is 35.5. The molecule has 0 aliphatic carbocycles. The summed E-state index contributed by atoms with van der Waals surface area (Å²) < 4.78 is 21.7. The first-order chi connectivity index (χ1) is 16.5. The van der Waals surface area contributed by atoms with Gasteiger partial charge in [-0.25, -0.2) is 4.39 Å². The zero-order valence-corrected chi connectivity index (χ0v) is 20.0. The van der Waals surface area contributed by atoms with E-state index in [0.717, 1.165) is 5.69 Å². The molecule has 1 heterocycles. The van der Waals surface area contributed by atoms with Gasteiger partial charge in [-0.1, -0.05) is 71.9 Å². The second-order valence-corrected chi connectivity index (χ2v) is 8.77. The molecule has 0 saturated heterocycles. The van der Waals surface area contributed by atoms with E-state index in [1.54, 1.807) is 37.4 Å². The fourth-order valence-electron chi connectivity index (χ4n) is 3.23. The van der Waals surface area contributed by atoms with Gasteiger partial charge >= 0.3 is 0 Å². The molecule has 0 atom stereocenters. The highest BCUT2D eigenvalue weighted by Crippen LogP contribution is 2.26. The third-order valence-corrected chi connectivity index (χ3v) is 6.25. The van der Waals surface area contributed by atoms with Crippen LogP contribution in [0, 0.1) is 5.82 Å². The summed E-state index contributed by atoms with van der Waals surface area (Å²) >= 11 is 7.46. The zero-order valence-electron chi connectivity index (χ0n) is 18.4. The summed E-state index contributed by atoms with van der Waals surface area (Å²) in [5, 5.41) is 9.64. The Morgan fingerprint density at radius 1 is 1.03 bits per heavy atom. The molecule has 0 unspecified atom stereocenters. The lowest BCUT2D eigenvalue weighted by Crippen LogP contribution is -2.28. The first-order valence-electron chi connectivity index (χ1n) is 10.5. The van der Waals surface area contributed by atoms with Crippen LogP contribution >= 0.6 is 23.4 Å². The average Bonchev–Trinajstić information content (AvgIpc) is 3.26. The predicted octanol–water partition coefficient (Wildman–Crippen LogP) is 5.39. The number of hydrogen-bond donors (Lipinski definition) is 0. The molecule has 34 heavy (non-hydrogen) atoms. The number of carbonyl (C=O) groups is 1. The van der Waals surface area contributed by atoms with Gasteiger partial charge in [-0.15, -0.1) is 10.2 Å². The van der Waals surface area contributed by atoms with Gasteiger partial charge in [-0.3, -0.25) is 9.36 Å². The number of nitrogens with zero attached hydrogens (tertiary/aromatic N) is 4. The molecular weight excluding hydrogens is 475 g/mol. The van der Waals surface area contributed by atoms with Crippen LogP contribution < -0.4 is 4.74 Å². The molecule has 174 valence electrons. The van der Waals surface area contributed by atoms with Crippen LogP contribution in [-0.2, 0) is 17.9 Å². The van der Waals surface area contributed by atoms with Crippen LogP contribution in [0.2, 0.25) is 5.02 Å². The van der Waals surface area contributed by atoms with Gasteiger partial charge in [-0.2, -0.15) is 0 Å². The molecule has 4 aromatic rings. The van der Waals surface area contributed by atoms with Crippen LogP contribution in [-0.4, -0.2) is 38.4 Å². The maximum atomic E-state index is 13.9.